The van der Waals surface area contributed by atoms with Crippen molar-refractivity contribution in [2.75, 3.05) is 19.5 Å². The highest BCUT2D eigenvalue weighted by atomic mass is 35.5. The van der Waals surface area contributed by atoms with Gasteiger partial charge in [-0.25, -0.2) is 0 Å². The molecule has 0 fully saturated rings. The van der Waals surface area contributed by atoms with Crippen LogP contribution in [-0.4, -0.2) is 20.1 Å². The summed E-state index contributed by atoms with van der Waals surface area (Å²) in [6, 6.07) is 19.9. The van der Waals surface area contributed by atoms with Crippen LogP contribution in [0, 0.1) is 0 Å². The van der Waals surface area contributed by atoms with Gasteiger partial charge in [-0.15, -0.1) is 0 Å². The van der Waals surface area contributed by atoms with Gasteiger partial charge in [0.2, 0.25) is 0 Å². The topological polar surface area (TPSA) is 56.8 Å². The molecule has 0 aliphatic carbocycles. The summed E-state index contributed by atoms with van der Waals surface area (Å²) in [4.78, 5) is 12.6. The first kappa shape index (κ1) is 19.6. The van der Waals surface area contributed by atoms with Crippen LogP contribution in [0.4, 0.5) is 5.69 Å². The Kier molecular flexibility index (Phi) is 6.40. The molecule has 144 valence electrons. The van der Waals surface area contributed by atoms with E-state index in [0.717, 1.165) is 5.56 Å². The molecule has 0 aliphatic heterocycles. The van der Waals surface area contributed by atoms with Gasteiger partial charge in [0.05, 0.1) is 19.2 Å². The lowest BCUT2D eigenvalue weighted by Crippen LogP contribution is -2.12. The van der Waals surface area contributed by atoms with E-state index in [2.05, 4.69) is 5.32 Å². The van der Waals surface area contributed by atoms with Crippen LogP contribution in [0.15, 0.2) is 66.7 Å². The number of ether oxygens (including phenoxy) is 3. The van der Waals surface area contributed by atoms with E-state index in [0.29, 0.717) is 40.1 Å². The standard InChI is InChI=1S/C22H20ClNO4/c1-26-18-10-8-17(9-11-18)24-22(25)16-12-19(23)21(27-2)20(13-16)28-14-15-6-4-3-5-7-15/h3-13H,14H2,1-2H3,(H,24,25). The zero-order chi connectivity index (χ0) is 19.9. The molecule has 1 amide bonds. The second-order valence-electron chi connectivity index (χ2n) is 5.95. The molecule has 3 aromatic rings. The van der Waals surface area contributed by atoms with E-state index in [4.69, 9.17) is 25.8 Å². The average Bonchev–Trinajstić information content (AvgIpc) is 2.73. The summed E-state index contributed by atoms with van der Waals surface area (Å²) in [5.41, 5.74) is 2.00. The largest absolute Gasteiger partial charge is 0.497 e. The lowest BCUT2D eigenvalue weighted by Gasteiger charge is -2.14. The Labute approximate surface area is 168 Å². The van der Waals surface area contributed by atoms with Crippen LogP contribution in [0.1, 0.15) is 15.9 Å². The van der Waals surface area contributed by atoms with Gasteiger partial charge in [-0.05, 0) is 42.0 Å². The number of methoxy groups -OCH3 is 2. The first-order valence-corrected chi connectivity index (χ1v) is 8.98. The Morgan fingerprint density at radius 2 is 1.68 bits per heavy atom. The predicted molar refractivity (Wildman–Crippen MR) is 110 cm³/mol. The summed E-state index contributed by atoms with van der Waals surface area (Å²) in [5, 5.41) is 3.12. The number of halogens is 1. The Bertz CT molecular complexity index is 943. The zero-order valence-electron chi connectivity index (χ0n) is 15.6. The number of hydrogen-bond acceptors (Lipinski definition) is 4. The van der Waals surface area contributed by atoms with Gasteiger partial charge < -0.3 is 19.5 Å². The van der Waals surface area contributed by atoms with Gasteiger partial charge in [-0.3, -0.25) is 4.79 Å². The highest BCUT2D eigenvalue weighted by Gasteiger charge is 2.16. The van der Waals surface area contributed by atoms with Crippen molar-refractivity contribution in [1.82, 2.24) is 0 Å². The molecule has 0 saturated carbocycles. The Hall–Kier alpha value is -3.18. The molecule has 0 spiro atoms. The lowest BCUT2D eigenvalue weighted by molar-refractivity contribution is 0.102. The molecular weight excluding hydrogens is 378 g/mol. The van der Waals surface area contributed by atoms with Crippen LogP contribution in [-0.2, 0) is 6.61 Å². The molecule has 0 aliphatic rings. The molecule has 0 unspecified atom stereocenters. The van der Waals surface area contributed by atoms with Crippen molar-refractivity contribution >= 4 is 23.2 Å². The molecule has 5 nitrogen and oxygen atoms in total. The summed E-state index contributed by atoms with van der Waals surface area (Å²) in [7, 11) is 3.09. The summed E-state index contributed by atoms with van der Waals surface area (Å²) in [6.07, 6.45) is 0. The molecule has 1 N–H and O–H groups in total. The van der Waals surface area contributed by atoms with Gasteiger partial charge in [0, 0.05) is 11.3 Å². The number of carbonyl (C=O) groups is 1. The second kappa shape index (κ2) is 9.15. The molecule has 6 heteroatoms. The highest BCUT2D eigenvalue weighted by molar-refractivity contribution is 6.32. The number of rotatable bonds is 7. The number of amides is 1. The van der Waals surface area contributed by atoms with Gasteiger partial charge in [-0.2, -0.15) is 0 Å². The van der Waals surface area contributed by atoms with Gasteiger partial charge in [0.1, 0.15) is 12.4 Å². The maximum Gasteiger partial charge on any atom is 0.255 e. The summed E-state index contributed by atoms with van der Waals surface area (Å²) in [6.45, 7) is 0.330. The van der Waals surface area contributed by atoms with Gasteiger partial charge in [-0.1, -0.05) is 41.9 Å². The first-order valence-electron chi connectivity index (χ1n) is 8.60. The number of benzene rings is 3. The summed E-state index contributed by atoms with van der Waals surface area (Å²) >= 11 is 6.30. The molecule has 0 saturated heterocycles. The van der Waals surface area contributed by atoms with Crippen molar-refractivity contribution in [3.63, 3.8) is 0 Å². The smallest absolute Gasteiger partial charge is 0.255 e. The first-order chi connectivity index (χ1) is 13.6. The minimum absolute atomic E-state index is 0.299. The van der Waals surface area contributed by atoms with Crippen LogP contribution < -0.4 is 19.5 Å². The molecule has 28 heavy (non-hydrogen) atoms. The number of carbonyl (C=O) groups excluding carboxylic acids is 1. The molecule has 3 rings (SSSR count). The molecule has 3 aromatic carbocycles. The molecular formula is C22H20ClNO4. The third-order valence-corrected chi connectivity index (χ3v) is 4.34. The summed E-state index contributed by atoms with van der Waals surface area (Å²) < 4.78 is 16.3. The van der Waals surface area contributed by atoms with E-state index in [1.54, 1.807) is 43.5 Å². The maximum atomic E-state index is 12.6. The minimum Gasteiger partial charge on any atom is -0.497 e. The zero-order valence-corrected chi connectivity index (χ0v) is 16.3. The average molecular weight is 398 g/mol. The van der Waals surface area contributed by atoms with Crippen LogP contribution in [0.2, 0.25) is 5.02 Å². The van der Waals surface area contributed by atoms with Crippen LogP contribution >= 0.6 is 11.6 Å². The van der Waals surface area contributed by atoms with Gasteiger partial charge >= 0.3 is 0 Å². The fourth-order valence-corrected chi connectivity index (χ4v) is 2.91. The minimum atomic E-state index is -0.306. The van der Waals surface area contributed by atoms with E-state index in [1.165, 1.54) is 7.11 Å². The third kappa shape index (κ3) is 4.75. The second-order valence-corrected chi connectivity index (χ2v) is 6.35. The van der Waals surface area contributed by atoms with E-state index >= 15 is 0 Å². The maximum absolute atomic E-state index is 12.6. The quantitative estimate of drug-likeness (QED) is 0.596. The molecule has 0 atom stereocenters. The number of hydrogen-bond donors (Lipinski definition) is 1. The fraction of sp³-hybridized carbons (Fsp3) is 0.136. The van der Waals surface area contributed by atoms with Crippen molar-refractivity contribution in [2.24, 2.45) is 0 Å². The lowest BCUT2D eigenvalue weighted by atomic mass is 10.1. The van der Waals surface area contributed by atoms with Crippen LogP contribution in [0.25, 0.3) is 0 Å². The fourth-order valence-electron chi connectivity index (χ4n) is 2.62. The molecule has 0 aromatic heterocycles. The molecule has 0 radical (unpaired) electrons. The number of nitrogens with one attached hydrogen (secondary N) is 1. The third-order valence-electron chi connectivity index (χ3n) is 4.06. The van der Waals surface area contributed by atoms with Crippen molar-refractivity contribution in [1.29, 1.82) is 0 Å². The highest BCUT2D eigenvalue weighted by Crippen LogP contribution is 2.37. The predicted octanol–water partition coefficient (Wildman–Crippen LogP) is 5.19. The van der Waals surface area contributed by atoms with E-state index in [9.17, 15) is 4.79 Å². The number of anilines is 1. The van der Waals surface area contributed by atoms with Gasteiger partial charge in [0.15, 0.2) is 11.5 Å². The van der Waals surface area contributed by atoms with Gasteiger partial charge in [0.25, 0.3) is 5.91 Å². The normalized spacial score (nSPS) is 10.2. The Morgan fingerprint density at radius 3 is 2.32 bits per heavy atom. The van der Waals surface area contributed by atoms with Crippen molar-refractivity contribution in [3.8, 4) is 17.2 Å². The van der Waals surface area contributed by atoms with E-state index < -0.39 is 0 Å². The van der Waals surface area contributed by atoms with Crippen LogP contribution in [0.3, 0.4) is 0 Å². The van der Waals surface area contributed by atoms with Crippen molar-refractivity contribution in [2.45, 2.75) is 6.61 Å². The molecule has 0 heterocycles. The van der Waals surface area contributed by atoms with Crippen LogP contribution in [0.5, 0.6) is 17.2 Å². The monoisotopic (exact) mass is 397 g/mol. The Balaban J connectivity index is 1.80. The van der Waals surface area contributed by atoms with Crippen molar-refractivity contribution in [3.05, 3.63) is 82.9 Å². The van der Waals surface area contributed by atoms with Crippen molar-refractivity contribution < 1.29 is 19.0 Å². The SMILES string of the molecule is COc1ccc(NC(=O)c2cc(Cl)c(OC)c(OCc3ccccc3)c2)cc1. The molecule has 0 bridgehead atoms. The van der Waals surface area contributed by atoms with E-state index in [-0.39, 0.29) is 5.91 Å². The summed E-state index contributed by atoms with van der Waals surface area (Å²) in [5.74, 6) is 1.19. The van der Waals surface area contributed by atoms with E-state index in [1.807, 2.05) is 30.3 Å². The Morgan fingerprint density at radius 1 is 0.964 bits per heavy atom.